The van der Waals surface area contributed by atoms with E-state index in [-0.39, 0.29) is 18.7 Å². The monoisotopic (exact) mass is 370 g/mol. The van der Waals surface area contributed by atoms with E-state index in [0.29, 0.717) is 13.2 Å². The Morgan fingerprint density at radius 3 is 2.63 bits per heavy atom. The molecule has 0 aliphatic carbocycles. The van der Waals surface area contributed by atoms with Gasteiger partial charge in [-0.15, -0.1) is 0 Å². The normalized spacial score (nSPS) is 14.4. The number of carboxylic acids is 1. The van der Waals surface area contributed by atoms with E-state index in [1.807, 2.05) is 36.4 Å². The topological polar surface area (TPSA) is 78.9 Å². The lowest BCUT2D eigenvalue weighted by Gasteiger charge is -2.18. The number of ether oxygens (including phenoxy) is 1. The van der Waals surface area contributed by atoms with Crippen molar-refractivity contribution in [1.82, 2.24) is 10.2 Å². The van der Waals surface area contributed by atoms with Crippen LogP contribution in [0.5, 0.6) is 5.75 Å². The summed E-state index contributed by atoms with van der Waals surface area (Å²) in [5.41, 5.74) is 0.929. The zero-order valence-corrected chi connectivity index (χ0v) is 15.4. The number of hydrogen-bond acceptors (Lipinski definition) is 4. The standard InChI is InChI=1S/C21H26N2O4/c24-20(9-10-21(25)26)22-15-18-17-6-2-1-5-16(17)7-8-19(18)27-14-13-23-11-3-4-12-23/h1-2,5-8H,3-4,9-15H2,(H,22,24)(H,25,26). The lowest BCUT2D eigenvalue weighted by molar-refractivity contribution is -0.138. The van der Waals surface area contributed by atoms with Gasteiger partial charge in [0, 0.05) is 25.1 Å². The number of carboxylic acid groups (broad SMARTS) is 1. The molecule has 0 aromatic heterocycles. The van der Waals surface area contributed by atoms with Crippen LogP contribution in [0, 0.1) is 0 Å². The summed E-state index contributed by atoms with van der Waals surface area (Å²) in [6.07, 6.45) is 2.32. The molecule has 0 spiro atoms. The van der Waals surface area contributed by atoms with Gasteiger partial charge >= 0.3 is 5.97 Å². The highest BCUT2D eigenvalue weighted by Gasteiger charge is 2.14. The summed E-state index contributed by atoms with van der Waals surface area (Å²) in [6.45, 7) is 4.09. The van der Waals surface area contributed by atoms with E-state index in [1.165, 1.54) is 12.8 Å². The molecule has 1 fully saturated rings. The summed E-state index contributed by atoms with van der Waals surface area (Å²) in [6, 6.07) is 12.0. The first-order valence-electron chi connectivity index (χ1n) is 9.48. The van der Waals surface area contributed by atoms with Crippen molar-refractivity contribution in [2.24, 2.45) is 0 Å². The second-order valence-electron chi connectivity index (χ2n) is 6.83. The molecule has 1 saturated heterocycles. The van der Waals surface area contributed by atoms with Crippen molar-refractivity contribution < 1.29 is 19.4 Å². The second kappa shape index (κ2) is 9.37. The Morgan fingerprint density at radius 1 is 1.07 bits per heavy atom. The van der Waals surface area contributed by atoms with Crippen molar-refractivity contribution in [1.29, 1.82) is 0 Å². The molecule has 6 nitrogen and oxygen atoms in total. The van der Waals surface area contributed by atoms with Crippen LogP contribution in [-0.4, -0.2) is 48.1 Å². The lowest BCUT2D eigenvalue weighted by Crippen LogP contribution is -2.26. The third kappa shape index (κ3) is 5.44. The van der Waals surface area contributed by atoms with Crippen LogP contribution in [0.25, 0.3) is 10.8 Å². The summed E-state index contributed by atoms with van der Waals surface area (Å²) >= 11 is 0. The van der Waals surface area contributed by atoms with Crippen LogP contribution in [-0.2, 0) is 16.1 Å². The molecule has 0 unspecified atom stereocenters. The van der Waals surface area contributed by atoms with Crippen molar-refractivity contribution in [3.8, 4) is 5.75 Å². The molecule has 27 heavy (non-hydrogen) atoms. The van der Waals surface area contributed by atoms with Gasteiger partial charge in [-0.1, -0.05) is 30.3 Å². The van der Waals surface area contributed by atoms with E-state index < -0.39 is 5.97 Å². The number of fused-ring (bicyclic) bond motifs is 1. The first kappa shape index (κ1) is 19.2. The fourth-order valence-electron chi connectivity index (χ4n) is 3.42. The van der Waals surface area contributed by atoms with Gasteiger partial charge in [0.05, 0.1) is 6.42 Å². The molecule has 0 atom stereocenters. The second-order valence-corrected chi connectivity index (χ2v) is 6.83. The number of nitrogens with one attached hydrogen (secondary N) is 1. The predicted octanol–water partition coefficient (Wildman–Crippen LogP) is 2.80. The van der Waals surface area contributed by atoms with Gasteiger partial charge in [0.2, 0.25) is 5.91 Å². The van der Waals surface area contributed by atoms with Gasteiger partial charge in [-0.2, -0.15) is 0 Å². The SMILES string of the molecule is O=C(O)CCC(=O)NCc1c(OCCN2CCCC2)ccc2ccccc12. The number of amides is 1. The first-order chi connectivity index (χ1) is 13.1. The Kier molecular flexibility index (Phi) is 6.65. The van der Waals surface area contributed by atoms with E-state index in [4.69, 9.17) is 9.84 Å². The van der Waals surface area contributed by atoms with Gasteiger partial charge in [0.1, 0.15) is 12.4 Å². The molecule has 3 rings (SSSR count). The smallest absolute Gasteiger partial charge is 0.303 e. The summed E-state index contributed by atoms with van der Waals surface area (Å²) in [4.78, 5) is 25.0. The third-order valence-electron chi connectivity index (χ3n) is 4.89. The van der Waals surface area contributed by atoms with E-state index in [2.05, 4.69) is 10.2 Å². The zero-order chi connectivity index (χ0) is 19.1. The van der Waals surface area contributed by atoms with Crippen LogP contribution in [0.4, 0.5) is 0 Å². The quantitative estimate of drug-likeness (QED) is 0.710. The van der Waals surface area contributed by atoms with Crippen LogP contribution >= 0.6 is 0 Å². The minimum Gasteiger partial charge on any atom is -0.492 e. The molecule has 6 heteroatoms. The summed E-state index contributed by atoms with van der Waals surface area (Å²) in [5.74, 6) is -0.471. The van der Waals surface area contributed by atoms with E-state index in [9.17, 15) is 9.59 Å². The van der Waals surface area contributed by atoms with Gasteiger partial charge in [-0.25, -0.2) is 0 Å². The van der Waals surface area contributed by atoms with E-state index >= 15 is 0 Å². The molecular formula is C21H26N2O4. The van der Waals surface area contributed by atoms with Crippen LogP contribution in [0.15, 0.2) is 36.4 Å². The highest BCUT2D eigenvalue weighted by atomic mass is 16.5. The van der Waals surface area contributed by atoms with Gasteiger partial charge in [-0.3, -0.25) is 14.5 Å². The van der Waals surface area contributed by atoms with Crippen LogP contribution < -0.4 is 10.1 Å². The minimum atomic E-state index is -0.971. The average Bonchev–Trinajstić information content (AvgIpc) is 3.18. The first-order valence-corrected chi connectivity index (χ1v) is 9.48. The molecule has 1 aliphatic heterocycles. The van der Waals surface area contributed by atoms with Crippen LogP contribution in [0.1, 0.15) is 31.2 Å². The fraction of sp³-hybridized carbons (Fsp3) is 0.429. The molecule has 0 radical (unpaired) electrons. The molecule has 2 aromatic rings. The molecule has 0 saturated carbocycles. The molecular weight excluding hydrogens is 344 g/mol. The zero-order valence-electron chi connectivity index (χ0n) is 15.4. The van der Waals surface area contributed by atoms with Gasteiger partial charge < -0.3 is 15.2 Å². The number of hydrogen-bond donors (Lipinski definition) is 2. The largest absolute Gasteiger partial charge is 0.492 e. The maximum absolute atomic E-state index is 11.9. The molecule has 2 aromatic carbocycles. The number of likely N-dealkylation sites (tertiary alicyclic amines) is 1. The van der Waals surface area contributed by atoms with Crippen molar-refractivity contribution >= 4 is 22.6 Å². The van der Waals surface area contributed by atoms with E-state index in [1.54, 1.807) is 0 Å². The number of benzene rings is 2. The maximum Gasteiger partial charge on any atom is 0.303 e. The lowest BCUT2D eigenvalue weighted by atomic mass is 10.0. The highest BCUT2D eigenvalue weighted by Crippen LogP contribution is 2.28. The summed E-state index contributed by atoms with van der Waals surface area (Å²) in [5, 5.41) is 13.7. The fourth-order valence-corrected chi connectivity index (χ4v) is 3.42. The molecule has 2 N–H and O–H groups in total. The number of aliphatic carboxylic acids is 1. The number of carbonyl (C=O) groups is 2. The van der Waals surface area contributed by atoms with Crippen molar-refractivity contribution in [2.45, 2.75) is 32.2 Å². The van der Waals surface area contributed by atoms with Crippen LogP contribution in [0.3, 0.4) is 0 Å². The van der Waals surface area contributed by atoms with E-state index in [0.717, 1.165) is 41.7 Å². The number of carbonyl (C=O) groups excluding carboxylic acids is 1. The highest BCUT2D eigenvalue weighted by molar-refractivity contribution is 5.88. The van der Waals surface area contributed by atoms with Gasteiger partial charge in [-0.05, 0) is 42.8 Å². The Balaban J connectivity index is 1.69. The molecule has 1 amide bonds. The van der Waals surface area contributed by atoms with Gasteiger partial charge in [0.25, 0.3) is 0 Å². The Hall–Kier alpha value is -2.60. The van der Waals surface area contributed by atoms with Crippen molar-refractivity contribution in [3.05, 3.63) is 42.0 Å². The molecule has 144 valence electrons. The predicted molar refractivity (Wildman–Crippen MR) is 104 cm³/mol. The Labute approximate surface area is 159 Å². The van der Waals surface area contributed by atoms with Crippen molar-refractivity contribution in [3.63, 3.8) is 0 Å². The summed E-state index contributed by atoms with van der Waals surface area (Å²) < 4.78 is 6.05. The molecule has 0 bridgehead atoms. The number of nitrogens with zero attached hydrogens (tertiary/aromatic N) is 1. The van der Waals surface area contributed by atoms with Gasteiger partial charge in [0.15, 0.2) is 0 Å². The van der Waals surface area contributed by atoms with Crippen LogP contribution in [0.2, 0.25) is 0 Å². The average molecular weight is 370 g/mol. The summed E-state index contributed by atoms with van der Waals surface area (Å²) in [7, 11) is 0. The Morgan fingerprint density at radius 2 is 1.85 bits per heavy atom. The minimum absolute atomic E-state index is 0.0226. The third-order valence-corrected chi connectivity index (χ3v) is 4.89. The number of rotatable bonds is 9. The van der Waals surface area contributed by atoms with Crippen molar-refractivity contribution in [2.75, 3.05) is 26.2 Å². The molecule has 1 aliphatic rings. The maximum atomic E-state index is 11.9. The Bertz CT molecular complexity index is 800. The molecule has 1 heterocycles.